The van der Waals surface area contributed by atoms with Crippen LogP contribution >= 0.6 is 0 Å². The molecular formula is C15H17NO. The van der Waals surface area contributed by atoms with Crippen LogP contribution in [0.3, 0.4) is 0 Å². The second-order valence-corrected chi connectivity index (χ2v) is 5.85. The van der Waals surface area contributed by atoms with E-state index >= 15 is 0 Å². The molecule has 0 radical (unpaired) electrons. The Bertz CT molecular complexity index is 481. The highest BCUT2D eigenvalue weighted by Crippen LogP contribution is 2.47. The van der Waals surface area contributed by atoms with Gasteiger partial charge in [0.1, 0.15) is 5.41 Å². The fourth-order valence-electron chi connectivity index (χ4n) is 1.91. The fourth-order valence-corrected chi connectivity index (χ4v) is 1.91. The summed E-state index contributed by atoms with van der Waals surface area (Å²) >= 11 is 0. The molecule has 0 bridgehead atoms. The zero-order valence-electron chi connectivity index (χ0n) is 10.6. The van der Waals surface area contributed by atoms with E-state index in [1.165, 1.54) is 5.56 Å². The normalized spacial score (nSPS) is 17.3. The van der Waals surface area contributed by atoms with Crippen molar-refractivity contribution in [2.45, 2.75) is 39.0 Å². The summed E-state index contributed by atoms with van der Waals surface area (Å²) in [5.74, 6) is -0.0135. The summed E-state index contributed by atoms with van der Waals surface area (Å²) in [4.78, 5) is 12.1. The second-order valence-electron chi connectivity index (χ2n) is 5.85. The van der Waals surface area contributed by atoms with Gasteiger partial charge in [0.2, 0.25) is 0 Å². The highest BCUT2D eigenvalue weighted by Gasteiger charge is 2.50. The van der Waals surface area contributed by atoms with E-state index in [4.69, 9.17) is 5.26 Å². The molecule has 1 aromatic rings. The number of hydrogen-bond donors (Lipinski definition) is 0. The SMILES string of the molecule is CC(C)(C)c1ccc(C(=O)C2(C#N)CC2)cc1. The Morgan fingerprint density at radius 1 is 1.24 bits per heavy atom. The Labute approximate surface area is 102 Å². The molecule has 0 N–H and O–H groups in total. The van der Waals surface area contributed by atoms with Crippen molar-refractivity contribution in [3.05, 3.63) is 35.4 Å². The van der Waals surface area contributed by atoms with Gasteiger partial charge < -0.3 is 0 Å². The van der Waals surface area contributed by atoms with Crippen molar-refractivity contribution in [2.75, 3.05) is 0 Å². The van der Waals surface area contributed by atoms with Gasteiger partial charge in [0.15, 0.2) is 5.78 Å². The van der Waals surface area contributed by atoms with Gasteiger partial charge in [-0.25, -0.2) is 0 Å². The van der Waals surface area contributed by atoms with E-state index in [1.54, 1.807) is 0 Å². The molecule has 0 spiro atoms. The molecule has 0 heterocycles. The number of rotatable bonds is 2. The maximum absolute atomic E-state index is 12.1. The van der Waals surface area contributed by atoms with Gasteiger partial charge in [-0.05, 0) is 23.8 Å². The van der Waals surface area contributed by atoms with Crippen LogP contribution in [0.1, 0.15) is 49.5 Å². The minimum absolute atomic E-state index is 0.0135. The third kappa shape index (κ3) is 2.10. The first kappa shape index (κ1) is 11.9. The van der Waals surface area contributed by atoms with E-state index in [0.717, 1.165) is 0 Å². The fraction of sp³-hybridized carbons (Fsp3) is 0.467. The number of benzene rings is 1. The maximum atomic E-state index is 12.1. The van der Waals surface area contributed by atoms with Crippen molar-refractivity contribution in [2.24, 2.45) is 5.41 Å². The molecule has 0 saturated heterocycles. The van der Waals surface area contributed by atoms with Gasteiger partial charge in [0.25, 0.3) is 0 Å². The molecular weight excluding hydrogens is 210 g/mol. The van der Waals surface area contributed by atoms with Crippen LogP contribution in [0, 0.1) is 16.7 Å². The molecule has 2 heteroatoms. The predicted octanol–water partition coefficient (Wildman–Crippen LogP) is 3.47. The molecule has 0 aromatic heterocycles. The lowest BCUT2D eigenvalue weighted by molar-refractivity contribution is 0.0934. The van der Waals surface area contributed by atoms with Crippen LogP contribution in [0.5, 0.6) is 0 Å². The minimum atomic E-state index is -0.705. The van der Waals surface area contributed by atoms with Gasteiger partial charge in [0, 0.05) is 5.56 Å². The third-order valence-electron chi connectivity index (χ3n) is 3.41. The van der Waals surface area contributed by atoms with Crippen LogP contribution in [0.15, 0.2) is 24.3 Å². The molecule has 0 unspecified atom stereocenters. The summed E-state index contributed by atoms with van der Waals surface area (Å²) < 4.78 is 0. The zero-order chi connectivity index (χ0) is 12.7. The number of Topliss-reactive ketones (excluding diaryl/α,β-unsaturated/α-hetero) is 1. The molecule has 17 heavy (non-hydrogen) atoms. The van der Waals surface area contributed by atoms with E-state index in [2.05, 4.69) is 26.8 Å². The summed E-state index contributed by atoms with van der Waals surface area (Å²) in [5.41, 5.74) is 1.25. The molecule has 0 amide bonds. The third-order valence-corrected chi connectivity index (χ3v) is 3.41. The monoisotopic (exact) mass is 227 g/mol. The second kappa shape index (κ2) is 3.70. The van der Waals surface area contributed by atoms with Crippen molar-refractivity contribution in [1.29, 1.82) is 5.26 Å². The van der Waals surface area contributed by atoms with E-state index < -0.39 is 5.41 Å². The smallest absolute Gasteiger partial charge is 0.183 e. The van der Waals surface area contributed by atoms with Crippen molar-refractivity contribution >= 4 is 5.78 Å². The lowest BCUT2D eigenvalue weighted by Gasteiger charge is -2.19. The van der Waals surface area contributed by atoms with E-state index in [0.29, 0.717) is 18.4 Å². The van der Waals surface area contributed by atoms with Crippen LogP contribution in [0.25, 0.3) is 0 Å². The number of hydrogen-bond acceptors (Lipinski definition) is 2. The Morgan fingerprint density at radius 3 is 2.12 bits per heavy atom. The Hall–Kier alpha value is -1.62. The average molecular weight is 227 g/mol. The molecule has 0 aliphatic heterocycles. The van der Waals surface area contributed by atoms with Crippen molar-refractivity contribution in [3.63, 3.8) is 0 Å². The number of carbonyl (C=O) groups is 1. The van der Waals surface area contributed by atoms with Crippen molar-refractivity contribution in [3.8, 4) is 6.07 Å². The Balaban J connectivity index is 2.26. The lowest BCUT2D eigenvalue weighted by atomic mass is 9.85. The van der Waals surface area contributed by atoms with Gasteiger partial charge in [-0.2, -0.15) is 5.26 Å². The van der Waals surface area contributed by atoms with Crippen LogP contribution < -0.4 is 0 Å². The van der Waals surface area contributed by atoms with Gasteiger partial charge in [0.05, 0.1) is 6.07 Å². The first-order valence-electron chi connectivity index (χ1n) is 5.96. The summed E-state index contributed by atoms with van der Waals surface area (Å²) in [6.07, 6.45) is 1.42. The van der Waals surface area contributed by atoms with Crippen LogP contribution in [-0.4, -0.2) is 5.78 Å². The average Bonchev–Trinajstić information content (AvgIpc) is 3.08. The van der Waals surface area contributed by atoms with Crippen molar-refractivity contribution in [1.82, 2.24) is 0 Å². The van der Waals surface area contributed by atoms with Crippen LogP contribution in [-0.2, 0) is 5.41 Å². The quantitative estimate of drug-likeness (QED) is 0.726. The Kier molecular flexibility index (Phi) is 2.58. The molecule has 88 valence electrons. The highest BCUT2D eigenvalue weighted by molar-refractivity contribution is 6.04. The highest BCUT2D eigenvalue weighted by atomic mass is 16.1. The maximum Gasteiger partial charge on any atom is 0.183 e. The number of carbonyl (C=O) groups excluding carboxylic acids is 1. The molecule has 1 aromatic carbocycles. The molecule has 1 fully saturated rings. The summed E-state index contributed by atoms with van der Waals surface area (Å²) in [7, 11) is 0. The molecule has 1 aliphatic carbocycles. The van der Waals surface area contributed by atoms with E-state index in [1.807, 2.05) is 24.3 Å². The number of nitriles is 1. The van der Waals surface area contributed by atoms with Gasteiger partial charge >= 0.3 is 0 Å². The van der Waals surface area contributed by atoms with Gasteiger partial charge in [-0.15, -0.1) is 0 Å². The minimum Gasteiger partial charge on any atom is -0.292 e. The molecule has 0 atom stereocenters. The summed E-state index contributed by atoms with van der Waals surface area (Å²) in [6, 6.07) is 9.81. The van der Waals surface area contributed by atoms with E-state index in [9.17, 15) is 4.79 Å². The first-order valence-corrected chi connectivity index (χ1v) is 5.96. The summed E-state index contributed by atoms with van der Waals surface area (Å²) in [6.45, 7) is 6.42. The van der Waals surface area contributed by atoms with Gasteiger partial charge in [-0.1, -0.05) is 45.0 Å². The number of ketones is 1. The Morgan fingerprint density at radius 2 is 1.76 bits per heavy atom. The van der Waals surface area contributed by atoms with Crippen molar-refractivity contribution < 1.29 is 4.79 Å². The first-order chi connectivity index (χ1) is 7.89. The molecule has 1 saturated carbocycles. The predicted molar refractivity (Wildman–Crippen MR) is 66.8 cm³/mol. The molecule has 1 aliphatic rings. The van der Waals surface area contributed by atoms with E-state index in [-0.39, 0.29) is 11.2 Å². The van der Waals surface area contributed by atoms with Gasteiger partial charge in [-0.3, -0.25) is 4.79 Å². The van der Waals surface area contributed by atoms with Crippen LogP contribution in [0.4, 0.5) is 0 Å². The topological polar surface area (TPSA) is 40.9 Å². The molecule has 2 rings (SSSR count). The number of nitrogens with zero attached hydrogens (tertiary/aromatic N) is 1. The largest absolute Gasteiger partial charge is 0.292 e. The standard InChI is InChI=1S/C15H17NO/c1-14(2,3)12-6-4-11(5-7-12)13(17)15(10-16)8-9-15/h4-7H,8-9H2,1-3H3. The lowest BCUT2D eigenvalue weighted by Crippen LogP contribution is -2.15. The van der Waals surface area contributed by atoms with Crippen LogP contribution in [0.2, 0.25) is 0 Å². The molecule has 2 nitrogen and oxygen atoms in total. The zero-order valence-corrected chi connectivity index (χ0v) is 10.6. The summed E-state index contributed by atoms with van der Waals surface area (Å²) in [5, 5.41) is 9.00.